The predicted molar refractivity (Wildman–Crippen MR) is 80.4 cm³/mol. The summed E-state index contributed by atoms with van der Waals surface area (Å²) in [5.74, 6) is 1.17. The van der Waals surface area contributed by atoms with Gasteiger partial charge in [0.1, 0.15) is 5.56 Å². The van der Waals surface area contributed by atoms with Crippen LogP contribution in [0.4, 0.5) is 0 Å². The lowest BCUT2D eigenvalue weighted by Gasteiger charge is -2.32. The van der Waals surface area contributed by atoms with Crippen LogP contribution in [0.15, 0.2) is 4.52 Å². The van der Waals surface area contributed by atoms with Crippen LogP contribution >= 0.6 is 0 Å². The van der Waals surface area contributed by atoms with Gasteiger partial charge in [0, 0.05) is 18.5 Å². The third-order valence-electron chi connectivity index (χ3n) is 4.64. The van der Waals surface area contributed by atoms with Crippen molar-refractivity contribution in [3.63, 3.8) is 0 Å². The fraction of sp³-hybridized carbons (Fsp3) is 0.750. The van der Waals surface area contributed by atoms with Crippen LogP contribution in [-0.4, -0.2) is 41.6 Å². The number of piperidine rings is 1. The van der Waals surface area contributed by atoms with Crippen molar-refractivity contribution in [2.24, 2.45) is 0 Å². The van der Waals surface area contributed by atoms with E-state index in [-0.39, 0.29) is 5.91 Å². The number of carbonyl (C=O) groups is 1. The SMILES string of the molecule is Cc1noc(C2CC2)c1C(=O)NCC(C)N1CCCCC1. The molecule has 0 spiro atoms. The zero-order chi connectivity index (χ0) is 14.8. The number of aryl methyl sites for hydroxylation is 1. The number of hydrogen-bond donors (Lipinski definition) is 1. The number of hydrogen-bond acceptors (Lipinski definition) is 4. The van der Waals surface area contributed by atoms with Crippen molar-refractivity contribution in [1.82, 2.24) is 15.4 Å². The molecule has 1 atom stereocenters. The fourth-order valence-corrected chi connectivity index (χ4v) is 3.10. The Morgan fingerprint density at radius 3 is 2.76 bits per heavy atom. The Morgan fingerprint density at radius 1 is 1.38 bits per heavy atom. The van der Waals surface area contributed by atoms with E-state index in [0.717, 1.165) is 31.7 Å². The van der Waals surface area contributed by atoms with Crippen LogP contribution in [-0.2, 0) is 0 Å². The molecule has 2 heterocycles. The summed E-state index contributed by atoms with van der Waals surface area (Å²) in [5.41, 5.74) is 1.38. The first-order valence-electron chi connectivity index (χ1n) is 8.15. The lowest BCUT2D eigenvalue weighted by Crippen LogP contribution is -2.44. The normalized spacial score (nSPS) is 21.2. The third-order valence-corrected chi connectivity index (χ3v) is 4.64. The number of likely N-dealkylation sites (tertiary alicyclic amines) is 1. The molecule has 5 nitrogen and oxygen atoms in total. The first kappa shape index (κ1) is 14.6. The smallest absolute Gasteiger partial charge is 0.256 e. The highest BCUT2D eigenvalue weighted by molar-refractivity contribution is 5.96. The molecule has 1 saturated heterocycles. The Kier molecular flexibility index (Phi) is 4.29. The Labute approximate surface area is 126 Å². The van der Waals surface area contributed by atoms with Crippen LogP contribution in [0.1, 0.15) is 66.8 Å². The first-order chi connectivity index (χ1) is 10.2. The van der Waals surface area contributed by atoms with E-state index in [2.05, 4.69) is 22.3 Å². The van der Waals surface area contributed by atoms with Crippen LogP contribution < -0.4 is 5.32 Å². The van der Waals surface area contributed by atoms with E-state index >= 15 is 0 Å². The summed E-state index contributed by atoms with van der Waals surface area (Å²) >= 11 is 0. The maximum Gasteiger partial charge on any atom is 0.256 e. The van der Waals surface area contributed by atoms with Crippen molar-refractivity contribution in [3.8, 4) is 0 Å². The summed E-state index contributed by atoms with van der Waals surface area (Å²) < 4.78 is 5.34. The molecule has 1 amide bonds. The fourth-order valence-electron chi connectivity index (χ4n) is 3.10. The number of carbonyl (C=O) groups excluding carboxylic acids is 1. The molecule has 1 aliphatic heterocycles. The zero-order valence-electron chi connectivity index (χ0n) is 13.0. The van der Waals surface area contributed by atoms with E-state index in [1.807, 2.05) is 6.92 Å². The molecule has 0 aromatic carbocycles. The molecule has 2 fully saturated rings. The monoisotopic (exact) mass is 291 g/mol. The molecular weight excluding hydrogens is 266 g/mol. The minimum absolute atomic E-state index is 0.0282. The van der Waals surface area contributed by atoms with E-state index in [4.69, 9.17) is 4.52 Å². The Bertz CT molecular complexity index is 502. The summed E-state index contributed by atoms with van der Waals surface area (Å²) in [5, 5.41) is 7.04. The van der Waals surface area contributed by atoms with E-state index in [9.17, 15) is 4.79 Å². The lowest BCUT2D eigenvalue weighted by molar-refractivity contribution is 0.0927. The zero-order valence-corrected chi connectivity index (χ0v) is 13.0. The summed E-state index contributed by atoms with van der Waals surface area (Å²) in [4.78, 5) is 14.9. The van der Waals surface area contributed by atoms with Crippen LogP contribution in [0.3, 0.4) is 0 Å². The van der Waals surface area contributed by atoms with Gasteiger partial charge in [-0.25, -0.2) is 0 Å². The van der Waals surface area contributed by atoms with E-state index in [1.165, 1.54) is 19.3 Å². The van der Waals surface area contributed by atoms with Gasteiger partial charge in [0.2, 0.25) is 0 Å². The minimum atomic E-state index is -0.0282. The van der Waals surface area contributed by atoms with Gasteiger partial charge in [-0.1, -0.05) is 11.6 Å². The van der Waals surface area contributed by atoms with Gasteiger partial charge >= 0.3 is 0 Å². The molecule has 21 heavy (non-hydrogen) atoms. The second kappa shape index (κ2) is 6.18. The van der Waals surface area contributed by atoms with E-state index in [0.29, 0.717) is 29.8 Å². The molecular formula is C16H25N3O2. The van der Waals surface area contributed by atoms with Crippen molar-refractivity contribution in [2.45, 2.75) is 57.9 Å². The molecule has 116 valence electrons. The van der Waals surface area contributed by atoms with Gasteiger partial charge in [-0.15, -0.1) is 0 Å². The van der Waals surface area contributed by atoms with Crippen LogP contribution in [0.25, 0.3) is 0 Å². The maximum atomic E-state index is 12.4. The van der Waals surface area contributed by atoms with Gasteiger partial charge in [-0.05, 0) is 52.6 Å². The molecule has 1 saturated carbocycles. The molecule has 1 aromatic rings. The molecule has 3 rings (SSSR count). The molecule has 1 unspecified atom stereocenters. The number of nitrogens with one attached hydrogen (secondary N) is 1. The van der Waals surface area contributed by atoms with Crippen LogP contribution in [0.2, 0.25) is 0 Å². The second-order valence-corrected chi connectivity index (χ2v) is 6.44. The lowest BCUT2D eigenvalue weighted by atomic mass is 10.1. The highest BCUT2D eigenvalue weighted by atomic mass is 16.5. The van der Waals surface area contributed by atoms with Crippen LogP contribution in [0.5, 0.6) is 0 Å². The van der Waals surface area contributed by atoms with Crippen molar-refractivity contribution in [3.05, 3.63) is 17.0 Å². The number of rotatable bonds is 5. The van der Waals surface area contributed by atoms with Gasteiger partial charge < -0.3 is 9.84 Å². The van der Waals surface area contributed by atoms with Gasteiger partial charge in [-0.3, -0.25) is 9.69 Å². The summed E-state index contributed by atoms with van der Waals surface area (Å²) in [6.45, 7) is 7.02. The van der Waals surface area contributed by atoms with Crippen molar-refractivity contribution < 1.29 is 9.32 Å². The first-order valence-corrected chi connectivity index (χ1v) is 8.15. The van der Waals surface area contributed by atoms with Crippen LogP contribution in [0, 0.1) is 6.92 Å². The van der Waals surface area contributed by atoms with Gasteiger partial charge in [0.15, 0.2) is 5.76 Å². The van der Waals surface area contributed by atoms with Gasteiger partial charge in [0.05, 0.1) is 5.69 Å². The average molecular weight is 291 g/mol. The van der Waals surface area contributed by atoms with Crippen molar-refractivity contribution in [1.29, 1.82) is 0 Å². The van der Waals surface area contributed by atoms with Crippen molar-refractivity contribution in [2.75, 3.05) is 19.6 Å². The van der Waals surface area contributed by atoms with Gasteiger partial charge in [-0.2, -0.15) is 0 Å². The molecule has 2 aliphatic rings. The summed E-state index contributed by atoms with van der Waals surface area (Å²) in [7, 11) is 0. The number of aromatic nitrogens is 1. The number of nitrogens with zero attached hydrogens (tertiary/aromatic N) is 2. The maximum absolute atomic E-state index is 12.4. The quantitative estimate of drug-likeness (QED) is 0.905. The Balaban J connectivity index is 1.57. The van der Waals surface area contributed by atoms with E-state index < -0.39 is 0 Å². The minimum Gasteiger partial charge on any atom is -0.360 e. The van der Waals surface area contributed by atoms with Gasteiger partial charge in [0.25, 0.3) is 5.91 Å². The predicted octanol–water partition coefficient (Wildman–Crippen LogP) is 2.46. The highest BCUT2D eigenvalue weighted by Gasteiger charge is 2.34. The molecule has 1 aliphatic carbocycles. The topological polar surface area (TPSA) is 58.4 Å². The highest BCUT2D eigenvalue weighted by Crippen LogP contribution is 2.42. The largest absolute Gasteiger partial charge is 0.360 e. The molecule has 0 bridgehead atoms. The molecule has 5 heteroatoms. The molecule has 0 radical (unpaired) electrons. The summed E-state index contributed by atoms with van der Waals surface area (Å²) in [6, 6.07) is 0.388. The summed E-state index contributed by atoms with van der Waals surface area (Å²) in [6.07, 6.45) is 6.10. The van der Waals surface area contributed by atoms with E-state index in [1.54, 1.807) is 0 Å². The standard InChI is InChI=1S/C16H25N3O2/c1-11(19-8-4-3-5-9-19)10-17-16(20)14-12(2)18-21-15(14)13-6-7-13/h11,13H,3-10H2,1-2H3,(H,17,20). The number of amides is 1. The molecule has 1 N–H and O–H groups in total. The second-order valence-electron chi connectivity index (χ2n) is 6.44. The molecule has 1 aromatic heterocycles. The third kappa shape index (κ3) is 3.28. The Hall–Kier alpha value is -1.36. The average Bonchev–Trinajstić information content (AvgIpc) is 3.28. The Morgan fingerprint density at radius 2 is 2.10 bits per heavy atom. The van der Waals surface area contributed by atoms with Crippen molar-refractivity contribution >= 4 is 5.91 Å².